The van der Waals surface area contributed by atoms with E-state index < -0.39 is 0 Å². The summed E-state index contributed by atoms with van der Waals surface area (Å²) in [6, 6.07) is 7.03. The summed E-state index contributed by atoms with van der Waals surface area (Å²) in [5.74, 6) is 0.765. The largest absolute Gasteiger partial charge is 0.472 e. The van der Waals surface area contributed by atoms with Crippen LogP contribution in [0.3, 0.4) is 0 Å². The minimum Gasteiger partial charge on any atom is -0.472 e. The number of benzene rings is 1. The zero-order valence-electron chi connectivity index (χ0n) is 19.2. The Labute approximate surface area is 188 Å². The van der Waals surface area contributed by atoms with E-state index in [1.807, 2.05) is 24.1 Å². The number of ether oxygens (including phenoxy) is 1. The molecule has 0 saturated carbocycles. The maximum atomic E-state index is 6.09. The molecule has 0 unspecified atom stereocenters. The average molecular weight is 438 g/mol. The van der Waals surface area contributed by atoms with Crippen LogP contribution in [0.1, 0.15) is 46.1 Å². The average Bonchev–Trinajstić information content (AvgIpc) is 3.30. The van der Waals surface area contributed by atoms with Crippen molar-refractivity contribution in [3.63, 3.8) is 0 Å². The first-order valence-corrected chi connectivity index (χ1v) is 11.7. The van der Waals surface area contributed by atoms with Crippen LogP contribution in [0, 0.1) is 0 Å². The SMILES string of the molecule is CN(c1nc2c(s1)-c1ccc(-c3cnn(C)c3)cc1CO2)C1CC(C)(C)NC(C)(C)C1. The van der Waals surface area contributed by atoms with Crippen molar-refractivity contribution in [1.82, 2.24) is 20.1 Å². The smallest absolute Gasteiger partial charge is 0.234 e. The van der Waals surface area contributed by atoms with Crippen LogP contribution in [0.25, 0.3) is 21.6 Å². The summed E-state index contributed by atoms with van der Waals surface area (Å²) in [6.07, 6.45) is 6.11. The van der Waals surface area contributed by atoms with Gasteiger partial charge in [-0.2, -0.15) is 10.1 Å². The predicted molar refractivity (Wildman–Crippen MR) is 127 cm³/mol. The van der Waals surface area contributed by atoms with Gasteiger partial charge in [0.2, 0.25) is 5.88 Å². The molecule has 2 aliphatic heterocycles. The first-order valence-electron chi connectivity index (χ1n) is 10.9. The van der Waals surface area contributed by atoms with Gasteiger partial charge in [0.15, 0.2) is 5.13 Å². The minimum absolute atomic E-state index is 0.101. The molecule has 1 aromatic carbocycles. The molecule has 0 amide bonds. The Bertz CT molecular complexity index is 1110. The highest BCUT2D eigenvalue weighted by Gasteiger charge is 2.40. The Hall–Kier alpha value is -2.38. The van der Waals surface area contributed by atoms with E-state index in [0.29, 0.717) is 12.6 Å². The van der Waals surface area contributed by atoms with E-state index in [1.54, 1.807) is 11.3 Å². The molecule has 0 bridgehead atoms. The van der Waals surface area contributed by atoms with Crippen molar-refractivity contribution in [2.45, 2.75) is 64.3 Å². The Morgan fingerprint density at radius 1 is 1.16 bits per heavy atom. The van der Waals surface area contributed by atoms with E-state index in [1.165, 1.54) is 16.7 Å². The molecule has 0 spiro atoms. The topological polar surface area (TPSA) is 55.2 Å². The van der Waals surface area contributed by atoms with E-state index in [9.17, 15) is 0 Å². The number of thiazole rings is 1. The summed E-state index contributed by atoms with van der Waals surface area (Å²) >= 11 is 1.74. The van der Waals surface area contributed by atoms with E-state index in [2.05, 4.69) is 68.3 Å². The highest BCUT2D eigenvalue weighted by molar-refractivity contribution is 7.19. The third kappa shape index (κ3) is 3.85. The second-order valence-corrected chi connectivity index (χ2v) is 11.2. The molecule has 6 nitrogen and oxygen atoms in total. The first kappa shape index (κ1) is 20.5. The highest BCUT2D eigenvalue weighted by atomic mass is 32.1. The van der Waals surface area contributed by atoms with Gasteiger partial charge in [-0.05, 0) is 57.7 Å². The lowest BCUT2D eigenvalue weighted by Gasteiger charge is -2.48. The highest BCUT2D eigenvalue weighted by Crippen LogP contribution is 2.46. The summed E-state index contributed by atoms with van der Waals surface area (Å²) < 4.78 is 7.92. The van der Waals surface area contributed by atoms with E-state index in [-0.39, 0.29) is 11.1 Å². The quantitative estimate of drug-likeness (QED) is 0.635. The molecule has 4 heterocycles. The summed E-state index contributed by atoms with van der Waals surface area (Å²) in [7, 11) is 4.12. The predicted octanol–water partition coefficient (Wildman–Crippen LogP) is 4.85. The molecule has 2 aliphatic rings. The van der Waals surface area contributed by atoms with Crippen LogP contribution in [0.5, 0.6) is 5.88 Å². The third-order valence-corrected chi connectivity index (χ3v) is 7.52. The molecule has 0 radical (unpaired) electrons. The van der Waals surface area contributed by atoms with Gasteiger partial charge in [-0.15, -0.1) is 0 Å². The third-order valence-electron chi connectivity index (χ3n) is 6.36. The Morgan fingerprint density at radius 2 is 1.90 bits per heavy atom. The normalized spacial score (nSPS) is 19.4. The van der Waals surface area contributed by atoms with Gasteiger partial charge in [-0.25, -0.2) is 0 Å². The van der Waals surface area contributed by atoms with Gasteiger partial charge in [0, 0.05) is 48.5 Å². The number of nitrogens with zero attached hydrogens (tertiary/aromatic N) is 4. The van der Waals surface area contributed by atoms with Gasteiger partial charge in [0.1, 0.15) is 11.5 Å². The summed E-state index contributed by atoms with van der Waals surface area (Å²) in [4.78, 5) is 8.39. The van der Waals surface area contributed by atoms with E-state index >= 15 is 0 Å². The van der Waals surface area contributed by atoms with Crippen LogP contribution in [-0.4, -0.2) is 38.9 Å². The van der Waals surface area contributed by atoms with Crippen LogP contribution in [-0.2, 0) is 13.7 Å². The number of hydrogen-bond donors (Lipinski definition) is 1. The second kappa shape index (κ2) is 7.07. The van der Waals surface area contributed by atoms with Crippen molar-refractivity contribution in [2.24, 2.45) is 7.05 Å². The maximum Gasteiger partial charge on any atom is 0.234 e. The fourth-order valence-electron chi connectivity index (χ4n) is 5.24. The number of nitrogens with one attached hydrogen (secondary N) is 1. The number of aryl methyl sites for hydroxylation is 1. The fraction of sp³-hybridized carbons (Fsp3) is 0.500. The molecule has 0 aliphatic carbocycles. The number of rotatable bonds is 3. The van der Waals surface area contributed by atoms with Crippen molar-refractivity contribution in [3.8, 4) is 27.4 Å². The van der Waals surface area contributed by atoms with Crippen LogP contribution in [0.2, 0.25) is 0 Å². The summed E-state index contributed by atoms with van der Waals surface area (Å²) in [5, 5.41) is 9.11. The van der Waals surface area contributed by atoms with Gasteiger partial charge < -0.3 is 15.0 Å². The van der Waals surface area contributed by atoms with Gasteiger partial charge in [-0.3, -0.25) is 4.68 Å². The zero-order valence-corrected chi connectivity index (χ0v) is 20.0. The molecule has 0 atom stereocenters. The van der Waals surface area contributed by atoms with Crippen molar-refractivity contribution in [2.75, 3.05) is 11.9 Å². The number of piperidine rings is 1. The second-order valence-electron chi connectivity index (χ2n) is 10.3. The molecular formula is C24H31N5OS. The fourth-order valence-corrected chi connectivity index (χ4v) is 6.35. The molecule has 164 valence electrons. The Morgan fingerprint density at radius 3 is 2.58 bits per heavy atom. The Kier molecular flexibility index (Phi) is 4.68. The monoisotopic (exact) mass is 437 g/mol. The summed E-state index contributed by atoms with van der Waals surface area (Å²) in [6.45, 7) is 9.72. The van der Waals surface area contributed by atoms with Crippen molar-refractivity contribution in [3.05, 3.63) is 36.2 Å². The Balaban J connectivity index is 1.44. The molecule has 5 rings (SSSR count). The van der Waals surface area contributed by atoms with Crippen molar-refractivity contribution in [1.29, 1.82) is 0 Å². The van der Waals surface area contributed by atoms with Crippen LogP contribution < -0.4 is 15.0 Å². The van der Waals surface area contributed by atoms with Gasteiger partial charge in [-0.1, -0.05) is 23.5 Å². The standard InChI is InChI=1S/C24H31N5OS/c1-23(2)10-18(11-24(3,4)27-23)29(6)22-26-21-20(31-22)19-8-7-15(9-16(19)14-30-21)17-12-25-28(5)13-17/h7-9,12-13,18,27H,10-11,14H2,1-6H3. The lowest BCUT2D eigenvalue weighted by molar-refractivity contribution is 0.161. The van der Waals surface area contributed by atoms with E-state index in [0.717, 1.165) is 34.3 Å². The molecule has 2 aromatic heterocycles. The minimum atomic E-state index is 0.101. The molecule has 3 aromatic rings. The van der Waals surface area contributed by atoms with Crippen LogP contribution in [0.4, 0.5) is 5.13 Å². The van der Waals surface area contributed by atoms with Gasteiger partial charge in [0.05, 0.1) is 6.20 Å². The van der Waals surface area contributed by atoms with Crippen molar-refractivity contribution < 1.29 is 4.74 Å². The van der Waals surface area contributed by atoms with Crippen molar-refractivity contribution >= 4 is 16.5 Å². The molecule has 31 heavy (non-hydrogen) atoms. The molecule has 1 N–H and O–H groups in total. The maximum absolute atomic E-state index is 6.09. The van der Waals surface area contributed by atoms with Crippen LogP contribution in [0.15, 0.2) is 30.6 Å². The van der Waals surface area contributed by atoms with Crippen LogP contribution >= 0.6 is 11.3 Å². The number of fused-ring (bicyclic) bond motifs is 3. The molecule has 7 heteroatoms. The summed E-state index contributed by atoms with van der Waals surface area (Å²) in [5.41, 5.74) is 4.93. The molecule has 1 fully saturated rings. The van der Waals surface area contributed by atoms with Gasteiger partial charge in [0.25, 0.3) is 0 Å². The number of aromatic nitrogens is 3. The van der Waals surface area contributed by atoms with Gasteiger partial charge >= 0.3 is 0 Å². The first-order chi connectivity index (χ1) is 14.6. The van der Waals surface area contributed by atoms with E-state index in [4.69, 9.17) is 9.72 Å². The number of anilines is 1. The molecule has 1 saturated heterocycles. The zero-order chi connectivity index (χ0) is 22.0. The number of hydrogen-bond acceptors (Lipinski definition) is 6. The molecular weight excluding hydrogens is 406 g/mol. The lowest BCUT2D eigenvalue weighted by Crippen LogP contribution is -2.61. The lowest BCUT2D eigenvalue weighted by atomic mass is 9.79.